The van der Waals surface area contributed by atoms with Crippen molar-refractivity contribution >= 4 is 17.5 Å². The molecule has 2 N–H and O–H groups in total. The quantitative estimate of drug-likeness (QED) is 0.782. The van der Waals surface area contributed by atoms with Crippen LogP contribution in [-0.2, 0) is 4.74 Å². The van der Waals surface area contributed by atoms with Crippen LogP contribution in [0.2, 0.25) is 0 Å². The van der Waals surface area contributed by atoms with Gasteiger partial charge in [-0.1, -0.05) is 0 Å². The summed E-state index contributed by atoms with van der Waals surface area (Å²) in [4.78, 5) is 25.4. The number of nitrogens with one attached hydrogen (secondary N) is 1. The molecular formula is C17H21N5O3. The summed E-state index contributed by atoms with van der Waals surface area (Å²) in [5.41, 5.74) is 1.85. The fourth-order valence-electron chi connectivity index (χ4n) is 2.71. The van der Waals surface area contributed by atoms with Crippen molar-refractivity contribution in [1.29, 1.82) is 0 Å². The maximum Gasteiger partial charge on any atom is 0.354 e. The van der Waals surface area contributed by atoms with Crippen LogP contribution in [0.5, 0.6) is 0 Å². The number of rotatable bonds is 7. The molecule has 8 nitrogen and oxygen atoms in total. The number of carboxylic acid groups (broad SMARTS) is 1. The van der Waals surface area contributed by atoms with E-state index in [1.54, 1.807) is 18.5 Å². The lowest BCUT2D eigenvalue weighted by Crippen LogP contribution is -2.25. The van der Waals surface area contributed by atoms with E-state index in [4.69, 9.17) is 9.84 Å². The lowest BCUT2D eigenvalue weighted by atomic mass is 10.1. The van der Waals surface area contributed by atoms with Crippen molar-refractivity contribution in [3.63, 3.8) is 0 Å². The van der Waals surface area contributed by atoms with Gasteiger partial charge in [0.1, 0.15) is 17.8 Å². The Labute approximate surface area is 145 Å². The number of ether oxygens (including phenoxy) is 1. The second-order valence-electron chi connectivity index (χ2n) is 5.94. The van der Waals surface area contributed by atoms with E-state index in [-0.39, 0.29) is 5.69 Å². The molecule has 2 aromatic heterocycles. The van der Waals surface area contributed by atoms with Gasteiger partial charge in [-0.15, -0.1) is 0 Å². The van der Waals surface area contributed by atoms with Crippen molar-refractivity contribution in [2.45, 2.75) is 12.3 Å². The third-order valence-electron chi connectivity index (χ3n) is 4.19. The minimum Gasteiger partial charge on any atom is -0.477 e. The fourth-order valence-corrected chi connectivity index (χ4v) is 2.71. The van der Waals surface area contributed by atoms with E-state index in [9.17, 15) is 4.79 Å². The summed E-state index contributed by atoms with van der Waals surface area (Å²) in [6.45, 7) is 2.85. The van der Waals surface area contributed by atoms with Crippen LogP contribution in [0.4, 0.5) is 11.5 Å². The van der Waals surface area contributed by atoms with Crippen LogP contribution >= 0.6 is 0 Å². The van der Waals surface area contributed by atoms with Gasteiger partial charge in [0.15, 0.2) is 0 Å². The first-order valence-electron chi connectivity index (χ1n) is 8.17. The number of hydrogen-bond donors (Lipinski definition) is 2. The van der Waals surface area contributed by atoms with Gasteiger partial charge in [0.05, 0.1) is 12.3 Å². The van der Waals surface area contributed by atoms with Crippen LogP contribution in [-0.4, -0.2) is 59.4 Å². The van der Waals surface area contributed by atoms with Gasteiger partial charge in [0, 0.05) is 50.6 Å². The van der Waals surface area contributed by atoms with E-state index in [1.165, 1.54) is 6.20 Å². The summed E-state index contributed by atoms with van der Waals surface area (Å²) in [5.74, 6) is 0.0986. The molecule has 0 unspecified atom stereocenters. The number of aromatic carboxylic acids is 1. The molecule has 1 aliphatic heterocycles. The van der Waals surface area contributed by atoms with E-state index in [0.717, 1.165) is 30.2 Å². The number of likely N-dealkylation sites (N-methyl/N-ethyl adjacent to an activating group) is 1. The molecule has 0 spiro atoms. The Kier molecular flexibility index (Phi) is 5.39. The Morgan fingerprint density at radius 2 is 2.28 bits per heavy atom. The summed E-state index contributed by atoms with van der Waals surface area (Å²) in [5, 5.41) is 12.3. The number of hydrogen-bond acceptors (Lipinski definition) is 7. The van der Waals surface area contributed by atoms with Crippen LogP contribution < -0.4 is 10.2 Å². The largest absolute Gasteiger partial charge is 0.477 e. The van der Waals surface area contributed by atoms with Crippen LogP contribution in [0.1, 0.15) is 28.5 Å². The van der Waals surface area contributed by atoms with Crippen molar-refractivity contribution in [3.8, 4) is 0 Å². The Morgan fingerprint density at radius 1 is 1.40 bits per heavy atom. The van der Waals surface area contributed by atoms with Gasteiger partial charge >= 0.3 is 5.97 Å². The van der Waals surface area contributed by atoms with Gasteiger partial charge in [-0.25, -0.2) is 19.7 Å². The highest BCUT2D eigenvalue weighted by Crippen LogP contribution is 2.24. The van der Waals surface area contributed by atoms with E-state index in [2.05, 4.69) is 20.3 Å². The molecular weight excluding hydrogens is 322 g/mol. The maximum absolute atomic E-state index is 11.0. The highest BCUT2D eigenvalue weighted by atomic mass is 16.5. The lowest BCUT2D eigenvalue weighted by molar-refractivity contribution is 0.0690. The van der Waals surface area contributed by atoms with E-state index >= 15 is 0 Å². The summed E-state index contributed by atoms with van der Waals surface area (Å²) in [6.07, 6.45) is 4.07. The zero-order valence-corrected chi connectivity index (χ0v) is 14.1. The van der Waals surface area contributed by atoms with Gasteiger partial charge in [0.25, 0.3) is 0 Å². The van der Waals surface area contributed by atoms with Crippen molar-refractivity contribution < 1.29 is 14.6 Å². The molecule has 2 aromatic rings. The number of anilines is 2. The molecule has 1 aliphatic rings. The van der Waals surface area contributed by atoms with Gasteiger partial charge in [0.2, 0.25) is 0 Å². The third-order valence-corrected chi connectivity index (χ3v) is 4.19. The summed E-state index contributed by atoms with van der Waals surface area (Å²) in [6, 6.07) is 5.31. The maximum atomic E-state index is 11.0. The first-order chi connectivity index (χ1) is 12.1. The molecule has 0 aromatic carbocycles. The second-order valence-corrected chi connectivity index (χ2v) is 5.94. The number of pyridine rings is 1. The number of aromatic nitrogens is 3. The zero-order chi connectivity index (χ0) is 17.6. The van der Waals surface area contributed by atoms with Gasteiger partial charge in [-0.2, -0.15) is 0 Å². The average molecular weight is 343 g/mol. The first kappa shape index (κ1) is 17.1. The molecule has 3 rings (SSSR count). The highest BCUT2D eigenvalue weighted by Gasteiger charge is 2.19. The zero-order valence-electron chi connectivity index (χ0n) is 14.1. The average Bonchev–Trinajstić information content (AvgIpc) is 3.17. The number of nitrogens with zero attached hydrogens (tertiary/aromatic N) is 4. The minimum atomic E-state index is -1.03. The molecule has 3 heterocycles. The normalized spacial score (nSPS) is 16.6. The molecule has 132 valence electrons. The minimum absolute atomic E-state index is 0.0385. The van der Waals surface area contributed by atoms with E-state index in [0.29, 0.717) is 25.6 Å². The molecule has 0 saturated carbocycles. The summed E-state index contributed by atoms with van der Waals surface area (Å²) < 4.78 is 5.41. The molecule has 0 bridgehead atoms. The van der Waals surface area contributed by atoms with Gasteiger partial charge in [-0.05, 0) is 18.6 Å². The Hall–Kier alpha value is -2.74. The van der Waals surface area contributed by atoms with Crippen molar-refractivity contribution in [1.82, 2.24) is 15.0 Å². The fraction of sp³-hybridized carbons (Fsp3) is 0.412. The van der Waals surface area contributed by atoms with Crippen LogP contribution in [0.15, 0.2) is 30.7 Å². The van der Waals surface area contributed by atoms with Crippen molar-refractivity contribution in [2.75, 3.05) is 43.6 Å². The monoisotopic (exact) mass is 343 g/mol. The SMILES string of the molecule is CN(CCNc1cc([C@H]2CCOC2)ncn1)c1ccnc(C(=O)O)c1. The molecule has 0 amide bonds. The van der Waals surface area contributed by atoms with Crippen molar-refractivity contribution in [2.24, 2.45) is 0 Å². The molecule has 1 fully saturated rings. The predicted molar refractivity (Wildman–Crippen MR) is 93.2 cm³/mol. The lowest BCUT2D eigenvalue weighted by Gasteiger charge is -2.20. The molecule has 0 radical (unpaired) electrons. The Balaban J connectivity index is 1.54. The van der Waals surface area contributed by atoms with Crippen LogP contribution in [0.3, 0.4) is 0 Å². The molecule has 25 heavy (non-hydrogen) atoms. The standard InChI is InChI=1S/C17H21N5O3/c1-22(13-2-4-18-15(8-13)17(23)24)6-5-19-16-9-14(20-11-21-16)12-3-7-25-10-12/h2,4,8-9,11-12H,3,5-7,10H2,1H3,(H,23,24)(H,19,20,21)/t12-/m0/s1. The topological polar surface area (TPSA) is 100 Å². The molecule has 1 saturated heterocycles. The van der Waals surface area contributed by atoms with Crippen LogP contribution in [0, 0.1) is 0 Å². The predicted octanol–water partition coefficient (Wildman–Crippen LogP) is 1.62. The molecule has 0 aliphatic carbocycles. The summed E-state index contributed by atoms with van der Waals surface area (Å²) >= 11 is 0. The molecule has 8 heteroatoms. The van der Waals surface area contributed by atoms with Gasteiger partial charge in [-0.3, -0.25) is 0 Å². The van der Waals surface area contributed by atoms with E-state index in [1.807, 2.05) is 18.0 Å². The number of carbonyl (C=O) groups is 1. The summed E-state index contributed by atoms with van der Waals surface area (Å²) in [7, 11) is 1.91. The number of carboxylic acids is 1. The highest BCUT2D eigenvalue weighted by molar-refractivity contribution is 5.86. The van der Waals surface area contributed by atoms with Gasteiger partial charge < -0.3 is 20.1 Å². The Bertz CT molecular complexity index is 734. The van der Waals surface area contributed by atoms with E-state index < -0.39 is 5.97 Å². The molecule has 1 atom stereocenters. The second kappa shape index (κ2) is 7.89. The third kappa shape index (κ3) is 4.42. The van der Waals surface area contributed by atoms with Crippen LogP contribution in [0.25, 0.3) is 0 Å². The first-order valence-corrected chi connectivity index (χ1v) is 8.17. The van der Waals surface area contributed by atoms with Crippen molar-refractivity contribution in [3.05, 3.63) is 42.1 Å². The smallest absolute Gasteiger partial charge is 0.354 e. The Morgan fingerprint density at radius 3 is 3.04 bits per heavy atom.